The Morgan fingerprint density at radius 1 is 1.35 bits per heavy atom. The molecule has 0 saturated carbocycles. The molecule has 5 heteroatoms. The molecular formula is C15H17NO4. The van der Waals surface area contributed by atoms with Gasteiger partial charge >= 0.3 is 5.97 Å². The zero-order valence-corrected chi connectivity index (χ0v) is 11.7. The Bertz CT molecular complexity index is 639. The van der Waals surface area contributed by atoms with Crippen molar-refractivity contribution in [2.24, 2.45) is 0 Å². The Morgan fingerprint density at radius 3 is 2.70 bits per heavy atom. The van der Waals surface area contributed by atoms with Crippen molar-refractivity contribution in [2.45, 2.75) is 19.8 Å². The fourth-order valence-electron chi connectivity index (χ4n) is 2.11. The second-order valence-electron chi connectivity index (χ2n) is 4.45. The third-order valence-corrected chi connectivity index (χ3v) is 3.21. The van der Waals surface area contributed by atoms with E-state index in [0.717, 1.165) is 10.8 Å². The van der Waals surface area contributed by atoms with E-state index in [-0.39, 0.29) is 0 Å². The van der Waals surface area contributed by atoms with Crippen molar-refractivity contribution < 1.29 is 19.4 Å². The number of nitrogens with zero attached hydrogens (tertiary/aromatic N) is 1. The molecule has 0 bridgehead atoms. The Labute approximate surface area is 117 Å². The first-order valence-electron chi connectivity index (χ1n) is 6.39. The van der Waals surface area contributed by atoms with Crippen molar-refractivity contribution in [2.75, 3.05) is 13.7 Å². The van der Waals surface area contributed by atoms with E-state index in [1.54, 1.807) is 32.5 Å². The second-order valence-corrected chi connectivity index (χ2v) is 4.45. The first-order valence-corrected chi connectivity index (χ1v) is 6.39. The number of pyridine rings is 1. The lowest BCUT2D eigenvalue weighted by atomic mass is 9.97. The first-order chi connectivity index (χ1) is 9.58. The molecular weight excluding hydrogens is 258 g/mol. The number of methoxy groups -OCH3 is 1. The summed E-state index contributed by atoms with van der Waals surface area (Å²) in [7, 11) is 1.56. The number of fused-ring (bicyclic) bond motifs is 1. The molecule has 0 aliphatic heterocycles. The predicted octanol–water partition coefficient (Wildman–Crippen LogP) is 2.83. The van der Waals surface area contributed by atoms with Crippen LogP contribution in [-0.4, -0.2) is 29.8 Å². The van der Waals surface area contributed by atoms with Crippen LogP contribution < -0.4 is 9.47 Å². The highest BCUT2D eigenvalue weighted by Gasteiger charge is 2.18. The Kier molecular flexibility index (Phi) is 4.08. The van der Waals surface area contributed by atoms with Crippen LogP contribution in [0, 0.1) is 0 Å². The minimum absolute atomic E-state index is 0.528. The zero-order chi connectivity index (χ0) is 14.7. The maximum Gasteiger partial charge on any atom is 0.310 e. The molecule has 0 aliphatic rings. The Balaban J connectivity index is 2.65. The molecule has 0 aliphatic carbocycles. The number of aromatic nitrogens is 1. The quantitative estimate of drug-likeness (QED) is 0.908. The van der Waals surface area contributed by atoms with Crippen LogP contribution in [0.25, 0.3) is 10.8 Å². The smallest absolute Gasteiger partial charge is 0.310 e. The van der Waals surface area contributed by atoms with E-state index in [0.29, 0.717) is 23.7 Å². The van der Waals surface area contributed by atoms with Crippen molar-refractivity contribution in [3.05, 3.63) is 30.1 Å². The monoisotopic (exact) mass is 275 g/mol. The molecule has 5 nitrogen and oxygen atoms in total. The van der Waals surface area contributed by atoms with E-state index >= 15 is 0 Å². The van der Waals surface area contributed by atoms with Crippen LogP contribution in [0.4, 0.5) is 0 Å². The highest BCUT2D eigenvalue weighted by Crippen LogP contribution is 2.35. The summed E-state index contributed by atoms with van der Waals surface area (Å²) < 4.78 is 10.8. The van der Waals surface area contributed by atoms with Crippen LogP contribution in [0.5, 0.6) is 11.5 Å². The fourth-order valence-corrected chi connectivity index (χ4v) is 2.11. The maximum atomic E-state index is 11.2. The summed E-state index contributed by atoms with van der Waals surface area (Å²) in [5.74, 6) is -0.296. The van der Waals surface area contributed by atoms with E-state index in [9.17, 15) is 9.90 Å². The standard InChI is InChI=1S/C15H17NO4/c1-4-20-14-5-10-7-16-8-12(9(2)15(17)18)11(10)6-13(14)19-3/h5-9H,4H2,1-3H3,(H,17,18). The van der Waals surface area contributed by atoms with E-state index in [1.807, 2.05) is 13.0 Å². The number of aliphatic carboxylic acids is 1. The van der Waals surface area contributed by atoms with Gasteiger partial charge in [-0.15, -0.1) is 0 Å². The number of ether oxygens (including phenoxy) is 2. The third-order valence-electron chi connectivity index (χ3n) is 3.21. The van der Waals surface area contributed by atoms with E-state index in [4.69, 9.17) is 9.47 Å². The summed E-state index contributed by atoms with van der Waals surface area (Å²) in [6, 6.07) is 3.62. The Hall–Kier alpha value is -2.30. The SMILES string of the molecule is CCOc1cc2cncc(C(C)C(=O)O)c2cc1OC. The minimum Gasteiger partial charge on any atom is -0.493 e. The number of rotatable bonds is 5. The molecule has 2 rings (SSSR count). The van der Waals surface area contributed by atoms with Crippen molar-refractivity contribution >= 4 is 16.7 Å². The molecule has 0 radical (unpaired) electrons. The summed E-state index contributed by atoms with van der Waals surface area (Å²) in [4.78, 5) is 15.3. The number of carbonyl (C=O) groups is 1. The third kappa shape index (κ3) is 2.52. The number of carboxylic acids is 1. The molecule has 1 aromatic carbocycles. The summed E-state index contributed by atoms with van der Waals surface area (Å²) in [6.45, 7) is 4.06. The summed E-state index contributed by atoms with van der Waals surface area (Å²) >= 11 is 0. The summed E-state index contributed by atoms with van der Waals surface area (Å²) in [5, 5.41) is 10.8. The summed E-state index contributed by atoms with van der Waals surface area (Å²) in [6.07, 6.45) is 3.27. The van der Waals surface area contributed by atoms with Gasteiger partial charge in [-0.25, -0.2) is 0 Å². The van der Waals surface area contributed by atoms with E-state index in [1.165, 1.54) is 0 Å². The molecule has 1 heterocycles. The molecule has 1 N–H and O–H groups in total. The molecule has 20 heavy (non-hydrogen) atoms. The predicted molar refractivity (Wildman–Crippen MR) is 75.5 cm³/mol. The van der Waals surface area contributed by atoms with Gasteiger partial charge in [-0.1, -0.05) is 0 Å². The van der Waals surface area contributed by atoms with Crippen LogP contribution in [0.1, 0.15) is 25.3 Å². The number of benzene rings is 1. The second kappa shape index (κ2) is 5.77. The van der Waals surface area contributed by atoms with Crippen molar-refractivity contribution in [1.82, 2.24) is 4.98 Å². The first kappa shape index (κ1) is 14.1. The molecule has 1 atom stereocenters. The molecule has 0 spiro atoms. The molecule has 0 amide bonds. The lowest BCUT2D eigenvalue weighted by Crippen LogP contribution is -2.08. The van der Waals surface area contributed by atoms with Gasteiger partial charge in [-0.3, -0.25) is 9.78 Å². The van der Waals surface area contributed by atoms with Gasteiger partial charge in [0.05, 0.1) is 19.6 Å². The van der Waals surface area contributed by atoms with Gasteiger partial charge in [0, 0.05) is 17.8 Å². The minimum atomic E-state index is -0.882. The van der Waals surface area contributed by atoms with Gasteiger partial charge in [0.1, 0.15) is 0 Å². The lowest BCUT2D eigenvalue weighted by molar-refractivity contribution is -0.138. The van der Waals surface area contributed by atoms with Gasteiger partial charge < -0.3 is 14.6 Å². The van der Waals surface area contributed by atoms with E-state index in [2.05, 4.69) is 4.98 Å². The fraction of sp³-hybridized carbons (Fsp3) is 0.333. The van der Waals surface area contributed by atoms with Gasteiger partial charge in [-0.05, 0) is 36.9 Å². The highest BCUT2D eigenvalue weighted by molar-refractivity contribution is 5.92. The zero-order valence-electron chi connectivity index (χ0n) is 11.7. The lowest BCUT2D eigenvalue weighted by Gasteiger charge is -2.14. The van der Waals surface area contributed by atoms with Gasteiger partial charge in [0.2, 0.25) is 0 Å². The average Bonchev–Trinajstić information content (AvgIpc) is 2.45. The molecule has 1 unspecified atom stereocenters. The van der Waals surface area contributed by atoms with Crippen LogP contribution in [-0.2, 0) is 4.79 Å². The van der Waals surface area contributed by atoms with Crippen molar-refractivity contribution in [3.63, 3.8) is 0 Å². The van der Waals surface area contributed by atoms with Crippen molar-refractivity contribution in [1.29, 1.82) is 0 Å². The number of hydrogen-bond acceptors (Lipinski definition) is 4. The summed E-state index contributed by atoms with van der Waals surface area (Å²) in [5.41, 5.74) is 0.663. The van der Waals surface area contributed by atoms with Crippen molar-refractivity contribution in [3.8, 4) is 11.5 Å². The largest absolute Gasteiger partial charge is 0.493 e. The normalized spacial score (nSPS) is 12.2. The van der Waals surface area contributed by atoms with Crippen LogP contribution in [0.3, 0.4) is 0 Å². The number of hydrogen-bond donors (Lipinski definition) is 1. The van der Waals surface area contributed by atoms with Gasteiger partial charge in [0.25, 0.3) is 0 Å². The molecule has 2 aromatic rings. The maximum absolute atomic E-state index is 11.2. The van der Waals surface area contributed by atoms with Gasteiger partial charge in [0.15, 0.2) is 11.5 Å². The van der Waals surface area contributed by atoms with Crippen LogP contribution >= 0.6 is 0 Å². The highest BCUT2D eigenvalue weighted by atomic mass is 16.5. The molecule has 0 saturated heterocycles. The average molecular weight is 275 g/mol. The Morgan fingerprint density at radius 2 is 2.10 bits per heavy atom. The van der Waals surface area contributed by atoms with Crippen LogP contribution in [0.2, 0.25) is 0 Å². The molecule has 0 fully saturated rings. The molecule has 1 aromatic heterocycles. The van der Waals surface area contributed by atoms with Crippen LogP contribution in [0.15, 0.2) is 24.5 Å². The molecule has 106 valence electrons. The van der Waals surface area contributed by atoms with E-state index < -0.39 is 11.9 Å². The topological polar surface area (TPSA) is 68.7 Å². The number of carboxylic acid groups (broad SMARTS) is 1. The van der Waals surface area contributed by atoms with Gasteiger partial charge in [-0.2, -0.15) is 0 Å².